The molecule has 0 aromatic heterocycles. The first-order valence-electron chi connectivity index (χ1n) is 8.56. The van der Waals surface area contributed by atoms with Gasteiger partial charge in [0.1, 0.15) is 0 Å². The molecule has 0 nitrogen and oxygen atoms in total. The zero-order valence-corrected chi connectivity index (χ0v) is 15.4. The lowest BCUT2D eigenvalue weighted by atomic mass is 10.1. The number of hydrogen-bond donors (Lipinski definition) is 0. The molecule has 0 atom stereocenters. The predicted octanol–water partition coefficient (Wildman–Crippen LogP) is 7.02. The first kappa shape index (κ1) is 21.7. The number of thioether (sulfide) groups is 1. The molecule has 0 bridgehead atoms. The van der Waals surface area contributed by atoms with Gasteiger partial charge in [-0.05, 0) is 60.4 Å². The second kappa shape index (κ2) is 9.53. The summed E-state index contributed by atoms with van der Waals surface area (Å²) in [5.41, 5.74) is 0.0614. The molecular formula is C20H20F6S. The molecule has 2 aromatic rings. The smallest absolute Gasteiger partial charge is 0.166 e. The Morgan fingerprint density at radius 2 is 1.04 bits per heavy atom. The van der Waals surface area contributed by atoms with Gasteiger partial charge in [0.25, 0.3) is 0 Å². The van der Waals surface area contributed by atoms with Crippen molar-refractivity contribution in [3.8, 4) is 0 Å². The van der Waals surface area contributed by atoms with Crippen molar-refractivity contribution in [1.82, 2.24) is 0 Å². The fraction of sp³-hybridized carbons (Fsp3) is 0.400. The van der Waals surface area contributed by atoms with Crippen molar-refractivity contribution < 1.29 is 26.3 Å². The van der Waals surface area contributed by atoms with Crippen LogP contribution < -0.4 is 0 Å². The number of halogens is 6. The summed E-state index contributed by atoms with van der Waals surface area (Å²) in [4.78, 5) is 0. The van der Waals surface area contributed by atoms with Crippen LogP contribution in [0.25, 0.3) is 0 Å². The van der Waals surface area contributed by atoms with Gasteiger partial charge >= 0.3 is 12.4 Å². The van der Waals surface area contributed by atoms with Gasteiger partial charge in [-0.25, -0.2) is 0 Å². The van der Waals surface area contributed by atoms with E-state index in [2.05, 4.69) is 0 Å². The first-order valence-corrected chi connectivity index (χ1v) is 9.72. The minimum Gasteiger partial charge on any atom is -0.166 e. The Hall–Kier alpha value is -1.63. The van der Waals surface area contributed by atoms with Crippen molar-refractivity contribution >= 4 is 11.8 Å². The normalized spacial score (nSPS) is 12.4. The Balaban J connectivity index is 1.66. The number of benzene rings is 2. The molecule has 0 radical (unpaired) electrons. The average molecular weight is 406 g/mol. The van der Waals surface area contributed by atoms with Crippen molar-refractivity contribution in [3.63, 3.8) is 0 Å². The molecule has 2 aromatic carbocycles. The standard InChI is InChI=1S/C20H20F6S/c21-19(22,23)17-9-1-5-15(13-17)7-3-11-27-12-4-8-16-6-2-10-18(14-16)20(24,25)26/h1-2,5-6,9-10,13-14H,3-4,7-8,11-12H2. The first-order chi connectivity index (χ1) is 12.7. The summed E-state index contributed by atoms with van der Waals surface area (Å²) in [5, 5.41) is 0. The summed E-state index contributed by atoms with van der Waals surface area (Å²) in [6, 6.07) is 10.7. The molecule has 148 valence electrons. The topological polar surface area (TPSA) is 0 Å². The molecule has 0 spiro atoms. The lowest BCUT2D eigenvalue weighted by molar-refractivity contribution is -0.138. The third-order valence-electron chi connectivity index (χ3n) is 4.02. The van der Waals surface area contributed by atoms with Crippen LogP contribution in [0, 0.1) is 0 Å². The Morgan fingerprint density at radius 1 is 0.630 bits per heavy atom. The van der Waals surface area contributed by atoms with E-state index in [4.69, 9.17) is 0 Å². The molecule has 0 fully saturated rings. The van der Waals surface area contributed by atoms with Gasteiger partial charge in [-0.15, -0.1) is 0 Å². The highest BCUT2D eigenvalue weighted by molar-refractivity contribution is 7.99. The summed E-state index contributed by atoms with van der Waals surface area (Å²) < 4.78 is 76.0. The minimum absolute atomic E-state index is 0.574. The zero-order valence-electron chi connectivity index (χ0n) is 14.5. The summed E-state index contributed by atoms with van der Waals surface area (Å²) in [7, 11) is 0. The third kappa shape index (κ3) is 7.48. The van der Waals surface area contributed by atoms with Crippen LogP contribution in [-0.4, -0.2) is 11.5 Å². The van der Waals surface area contributed by atoms with E-state index < -0.39 is 23.5 Å². The van der Waals surface area contributed by atoms with E-state index in [1.807, 2.05) is 0 Å². The average Bonchev–Trinajstić information content (AvgIpc) is 2.60. The van der Waals surface area contributed by atoms with Gasteiger partial charge in [0.2, 0.25) is 0 Å². The van der Waals surface area contributed by atoms with Gasteiger partial charge in [0, 0.05) is 0 Å². The number of hydrogen-bond acceptors (Lipinski definition) is 1. The number of aryl methyl sites for hydroxylation is 2. The Bertz CT molecular complexity index is 659. The molecule has 2 rings (SSSR count). The van der Waals surface area contributed by atoms with E-state index in [0.717, 1.165) is 36.5 Å². The van der Waals surface area contributed by atoms with E-state index in [9.17, 15) is 26.3 Å². The van der Waals surface area contributed by atoms with E-state index in [1.54, 1.807) is 23.9 Å². The molecule has 0 N–H and O–H groups in total. The lowest BCUT2D eigenvalue weighted by Gasteiger charge is -2.09. The van der Waals surface area contributed by atoms with Crippen LogP contribution in [0.1, 0.15) is 35.1 Å². The second-order valence-electron chi connectivity index (χ2n) is 6.22. The highest BCUT2D eigenvalue weighted by Gasteiger charge is 2.30. The van der Waals surface area contributed by atoms with Crippen LogP contribution in [0.15, 0.2) is 48.5 Å². The molecule has 0 saturated heterocycles. The summed E-state index contributed by atoms with van der Waals surface area (Å²) in [5.74, 6) is 1.61. The van der Waals surface area contributed by atoms with Gasteiger partial charge in [0.05, 0.1) is 11.1 Å². The van der Waals surface area contributed by atoms with E-state index in [0.29, 0.717) is 24.0 Å². The van der Waals surface area contributed by atoms with Crippen molar-refractivity contribution in [2.75, 3.05) is 11.5 Å². The molecule has 0 aliphatic heterocycles. The van der Waals surface area contributed by atoms with Crippen LogP contribution >= 0.6 is 11.8 Å². The van der Waals surface area contributed by atoms with E-state index in [1.165, 1.54) is 24.3 Å². The number of alkyl halides is 6. The summed E-state index contributed by atoms with van der Waals surface area (Å²) in [6.45, 7) is 0. The van der Waals surface area contributed by atoms with E-state index >= 15 is 0 Å². The van der Waals surface area contributed by atoms with Crippen molar-refractivity contribution in [1.29, 1.82) is 0 Å². The van der Waals surface area contributed by atoms with Crippen LogP contribution in [0.4, 0.5) is 26.3 Å². The van der Waals surface area contributed by atoms with E-state index in [-0.39, 0.29) is 0 Å². The fourth-order valence-corrected chi connectivity index (χ4v) is 3.57. The quantitative estimate of drug-likeness (QED) is 0.335. The van der Waals surface area contributed by atoms with Crippen LogP contribution in [-0.2, 0) is 25.2 Å². The fourth-order valence-electron chi connectivity index (χ4n) is 2.67. The molecule has 0 heterocycles. The largest absolute Gasteiger partial charge is 0.416 e. The molecule has 27 heavy (non-hydrogen) atoms. The zero-order chi connectivity index (χ0) is 19.9. The monoisotopic (exact) mass is 406 g/mol. The van der Waals surface area contributed by atoms with Gasteiger partial charge in [-0.1, -0.05) is 36.4 Å². The van der Waals surface area contributed by atoms with Crippen LogP contribution in [0.2, 0.25) is 0 Å². The molecular weight excluding hydrogens is 386 g/mol. The van der Waals surface area contributed by atoms with Crippen molar-refractivity contribution in [2.45, 2.75) is 38.0 Å². The SMILES string of the molecule is FC(F)(F)c1cccc(CCCSCCCc2cccc(C(F)(F)F)c2)c1. The van der Waals surface area contributed by atoms with Gasteiger partial charge in [0.15, 0.2) is 0 Å². The Morgan fingerprint density at radius 3 is 1.41 bits per heavy atom. The highest BCUT2D eigenvalue weighted by Crippen LogP contribution is 2.30. The van der Waals surface area contributed by atoms with Gasteiger partial charge in [-0.3, -0.25) is 0 Å². The second-order valence-corrected chi connectivity index (χ2v) is 7.44. The summed E-state index contributed by atoms with van der Waals surface area (Å²) >= 11 is 1.67. The lowest BCUT2D eigenvalue weighted by Crippen LogP contribution is -2.05. The molecule has 0 aliphatic rings. The Labute approximate surface area is 159 Å². The van der Waals surface area contributed by atoms with Crippen molar-refractivity contribution in [2.24, 2.45) is 0 Å². The van der Waals surface area contributed by atoms with Crippen molar-refractivity contribution in [3.05, 3.63) is 70.8 Å². The minimum atomic E-state index is -4.33. The van der Waals surface area contributed by atoms with Gasteiger partial charge < -0.3 is 0 Å². The molecule has 7 heteroatoms. The maximum absolute atomic E-state index is 12.7. The molecule has 0 aliphatic carbocycles. The van der Waals surface area contributed by atoms with Crippen LogP contribution in [0.5, 0.6) is 0 Å². The molecule has 0 saturated carbocycles. The van der Waals surface area contributed by atoms with Gasteiger partial charge in [-0.2, -0.15) is 38.1 Å². The molecule has 0 unspecified atom stereocenters. The third-order valence-corrected chi connectivity index (χ3v) is 5.17. The molecule has 0 amide bonds. The maximum atomic E-state index is 12.7. The summed E-state index contributed by atoms with van der Waals surface area (Å²) in [6.07, 6.45) is -5.98. The maximum Gasteiger partial charge on any atom is 0.416 e. The Kier molecular flexibility index (Phi) is 7.65. The highest BCUT2D eigenvalue weighted by atomic mass is 32.2. The number of rotatable bonds is 8. The van der Waals surface area contributed by atoms with Crippen LogP contribution in [0.3, 0.4) is 0 Å². The predicted molar refractivity (Wildman–Crippen MR) is 96.9 cm³/mol.